The number of thiazole rings is 1. The van der Waals surface area contributed by atoms with Crippen molar-refractivity contribution in [2.75, 3.05) is 23.7 Å². The Kier molecular flexibility index (Phi) is 6.67. The Labute approximate surface area is 187 Å². The number of anilines is 1. The largest absolute Gasteiger partial charge is 0.351 e. The van der Waals surface area contributed by atoms with Gasteiger partial charge in [0.15, 0.2) is 15.9 Å². The predicted molar refractivity (Wildman–Crippen MR) is 122 cm³/mol. The maximum atomic E-state index is 13.0. The molecule has 1 aliphatic heterocycles. The SMILES string of the molecule is C=CCn1c(SCC(=O)NCc2ccc(F)cc2)nc2nc(N3CCCC3)sc2c1=O. The van der Waals surface area contributed by atoms with Gasteiger partial charge in [0, 0.05) is 26.2 Å². The van der Waals surface area contributed by atoms with Gasteiger partial charge >= 0.3 is 0 Å². The Bertz CT molecular complexity index is 1150. The second-order valence-corrected chi connectivity index (χ2v) is 9.05. The summed E-state index contributed by atoms with van der Waals surface area (Å²) in [5.41, 5.74) is 1.06. The normalized spacial score (nSPS) is 13.6. The van der Waals surface area contributed by atoms with Crippen molar-refractivity contribution in [1.29, 1.82) is 0 Å². The van der Waals surface area contributed by atoms with E-state index in [1.54, 1.807) is 18.2 Å². The van der Waals surface area contributed by atoms with Gasteiger partial charge in [0.25, 0.3) is 5.56 Å². The molecule has 0 spiro atoms. The smallest absolute Gasteiger partial charge is 0.274 e. The molecule has 0 atom stereocenters. The van der Waals surface area contributed by atoms with Gasteiger partial charge < -0.3 is 10.2 Å². The highest BCUT2D eigenvalue weighted by atomic mass is 32.2. The number of thioether (sulfide) groups is 1. The molecular weight excluding hydrogens is 437 g/mol. The van der Waals surface area contributed by atoms with Gasteiger partial charge in [-0.05, 0) is 30.5 Å². The first kappa shape index (κ1) is 21.5. The molecule has 0 radical (unpaired) electrons. The second kappa shape index (κ2) is 9.61. The molecule has 1 N–H and O–H groups in total. The molecule has 0 aliphatic carbocycles. The molecule has 2 aromatic heterocycles. The van der Waals surface area contributed by atoms with E-state index in [0.29, 0.717) is 28.6 Å². The van der Waals surface area contributed by atoms with Crippen molar-refractivity contribution in [3.05, 3.63) is 58.7 Å². The summed E-state index contributed by atoms with van der Waals surface area (Å²) in [5.74, 6) is -0.425. The quantitative estimate of drug-likeness (QED) is 0.317. The summed E-state index contributed by atoms with van der Waals surface area (Å²) < 4.78 is 15.0. The van der Waals surface area contributed by atoms with Crippen molar-refractivity contribution in [3.8, 4) is 0 Å². The Balaban J connectivity index is 1.49. The standard InChI is InChI=1S/C21H22FN5O2S2/c1-2-9-27-19(29)17-18(24-20(31-17)26-10-3-4-11-26)25-21(27)30-13-16(28)23-12-14-5-7-15(22)8-6-14/h2,5-8H,1,3-4,9-13H2,(H,23,28). The third-order valence-corrected chi connectivity index (χ3v) is 6.96. The minimum Gasteiger partial charge on any atom is -0.351 e. The van der Waals surface area contributed by atoms with Crippen molar-refractivity contribution < 1.29 is 9.18 Å². The van der Waals surface area contributed by atoms with E-state index >= 15 is 0 Å². The van der Waals surface area contributed by atoms with Gasteiger partial charge in [0.2, 0.25) is 5.91 Å². The Morgan fingerprint density at radius 1 is 1.26 bits per heavy atom. The van der Waals surface area contributed by atoms with Crippen molar-refractivity contribution in [1.82, 2.24) is 19.9 Å². The minimum atomic E-state index is -0.317. The van der Waals surface area contributed by atoms with Crippen LogP contribution in [0.3, 0.4) is 0 Å². The van der Waals surface area contributed by atoms with E-state index in [-0.39, 0.29) is 23.0 Å². The summed E-state index contributed by atoms with van der Waals surface area (Å²) in [4.78, 5) is 36.7. The molecule has 0 unspecified atom stereocenters. The second-order valence-electron chi connectivity index (χ2n) is 7.13. The van der Waals surface area contributed by atoms with Crippen molar-refractivity contribution in [3.63, 3.8) is 0 Å². The van der Waals surface area contributed by atoms with E-state index in [2.05, 4.69) is 26.8 Å². The van der Waals surface area contributed by atoms with Crippen LogP contribution in [0.5, 0.6) is 0 Å². The van der Waals surface area contributed by atoms with Crippen LogP contribution in [0.2, 0.25) is 0 Å². The average molecular weight is 460 g/mol. The first-order valence-electron chi connectivity index (χ1n) is 9.96. The third-order valence-electron chi connectivity index (χ3n) is 4.89. The van der Waals surface area contributed by atoms with Crippen LogP contribution in [0.25, 0.3) is 10.3 Å². The number of hydrogen-bond acceptors (Lipinski definition) is 7. The van der Waals surface area contributed by atoms with Crippen molar-refractivity contribution in [2.45, 2.75) is 31.1 Å². The Hall–Kier alpha value is -2.72. The number of fused-ring (bicyclic) bond motifs is 1. The van der Waals surface area contributed by atoms with E-state index < -0.39 is 0 Å². The van der Waals surface area contributed by atoms with Crippen LogP contribution in [0.4, 0.5) is 9.52 Å². The Morgan fingerprint density at radius 3 is 2.71 bits per heavy atom. The lowest BCUT2D eigenvalue weighted by Gasteiger charge is -2.11. The molecule has 3 heterocycles. The van der Waals surface area contributed by atoms with E-state index in [0.717, 1.165) is 36.6 Å². The number of benzene rings is 1. The summed E-state index contributed by atoms with van der Waals surface area (Å²) in [6.45, 7) is 6.22. The van der Waals surface area contributed by atoms with Crippen LogP contribution in [-0.2, 0) is 17.9 Å². The van der Waals surface area contributed by atoms with Crippen LogP contribution in [0.15, 0.2) is 46.9 Å². The molecule has 0 saturated carbocycles. The van der Waals surface area contributed by atoms with Crippen molar-refractivity contribution >= 4 is 44.5 Å². The zero-order chi connectivity index (χ0) is 21.8. The average Bonchev–Trinajstić information content (AvgIpc) is 3.44. The third kappa shape index (κ3) is 4.96. The molecule has 1 saturated heterocycles. The Morgan fingerprint density at radius 2 is 2.00 bits per heavy atom. The van der Waals surface area contributed by atoms with Crippen LogP contribution in [0, 0.1) is 5.82 Å². The van der Waals surface area contributed by atoms with Gasteiger partial charge in [-0.3, -0.25) is 14.2 Å². The van der Waals surface area contributed by atoms with E-state index in [4.69, 9.17) is 0 Å². The molecule has 10 heteroatoms. The molecule has 0 bridgehead atoms. The van der Waals surface area contributed by atoms with E-state index in [9.17, 15) is 14.0 Å². The van der Waals surface area contributed by atoms with Gasteiger partial charge in [-0.1, -0.05) is 41.3 Å². The molecule has 162 valence electrons. The lowest BCUT2D eigenvalue weighted by Crippen LogP contribution is -2.26. The molecule has 7 nitrogen and oxygen atoms in total. The van der Waals surface area contributed by atoms with Gasteiger partial charge in [-0.25, -0.2) is 9.37 Å². The van der Waals surface area contributed by atoms with Gasteiger partial charge in [-0.2, -0.15) is 4.98 Å². The first-order valence-corrected chi connectivity index (χ1v) is 11.8. The van der Waals surface area contributed by atoms with Gasteiger partial charge in [0.1, 0.15) is 10.5 Å². The monoisotopic (exact) mass is 459 g/mol. The number of allylic oxidation sites excluding steroid dienone is 1. The van der Waals surface area contributed by atoms with Crippen LogP contribution < -0.4 is 15.8 Å². The summed E-state index contributed by atoms with van der Waals surface area (Å²) in [6.07, 6.45) is 3.88. The molecule has 1 fully saturated rings. The summed E-state index contributed by atoms with van der Waals surface area (Å²) in [5, 5.41) is 4.05. The predicted octanol–water partition coefficient (Wildman–Crippen LogP) is 3.19. The first-order chi connectivity index (χ1) is 15.0. The van der Waals surface area contributed by atoms with Crippen LogP contribution in [-0.4, -0.2) is 39.3 Å². The molecule has 4 rings (SSSR count). The maximum Gasteiger partial charge on any atom is 0.274 e. The number of nitrogens with zero attached hydrogens (tertiary/aromatic N) is 4. The van der Waals surface area contributed by atoms with Gasteiger partial charge in [-0.15, -0.1) is 6.58 Å². The van der Waals surface area contributed by atoms with E-state index in [1.807, 2.05) is 0 Å². The summed E-state index contributed by atoms with van der Waals surface area (Å²) in [7, 11) is 0. The number of aromatic nitrogens is 3. The number of carbonyl (C=O) groups excluding carboxylic acids is 1. The molecule has 1 amide bonds. The fourth-order valence-corrected chi connectivity index (χ4v) is 5.14. The molecule has 31 heavy (non-hydrogen) atoms. The molecule has 1 aliphatic rings. The van der Waals surface area contributed by atoms with E-state index in [1.165, 1.54) is 39.8 Å². The zero-order valence-corrected chi connectivity index (χ0v) is 18.5. The van der Waals surface area contributed by atoms with Crippen molar-refractivity contribution in [2.24, 2.45) is 0 Å². The highest BCUT2D eigenvalue weighted by Crippen LogP contribution is 2.29. The summed E-state index contributed by atoms with van der Waals surface area (Å²) in [6, 6.07) is 5.96. The fourth-order valence-electron chi connectivity index (χ4n) is 3.30. The number of halogens is 1. The van der Waals surface area contributed by atoms with Crippen LogP contribution >= 0.6 is 23.1 Å². The number of amides is 1. The van der Waals surface area contributed by atoms with Gasteiger partial charge in [0.05, 0.1) is 5.75 Å². The summed E-state index contributed by atoms with van der Waals surface area (Å²) >= 11 is 2.56. The molecular formula is C21H22FN5O2S2. The lowest BCUT2D eigenvalue weighted by molar-refractivity contribution is -0.118. The fraction of sp³-hybridized carbons (Fsp3) is 0.333. The lowest BCUT2D eigenvalue weighted by atomic mass is 10.2. The minimum absolute atomic E-state index is 0.0966. The number of carbonyl (C=O) groups is 1. The number of rotatable bonds is 8. The molecule has 1 aromatic carbocycles. The number of hydrogen-bond donors (Lipinski definition) is 1. The topological polar surface area (TPSA) is 80.1 Å². The number of nitrogens with one attached hydrogen (secondary N) is 1. The maximum absolute atomic E-state index is 13.0. The van der Waals surface area contributed by atoms with Crippen LogP contribution in [0.1, 0.15) is 18.4 Å². The highest BCUT2D eigenvalue weighted by molar-refractivity contribution is 7.99. The zero-order valence-electron chi connectivity index (χ0n) is 16.8. The highest BCUT2D eigenvalue weighted by Gasteiger charge is 2.21. The molecule has 3 aromatic rings.